The molecule has 0 saturated heterocycles. The molecule has 0 bridgehead atoms. The van der Waals surface area contributed by atoms with Crippen LogP contribution in [0, 0.1) is 17.2 Å². The molecule has 222 valence electrons. The summed E-state index contributed by atoms with van der Waals surface area (Å²) in [4.78, 5) is 42.5. The summed E-state index contributed by atoms with van der Waals surface area (Å²) < 4.78 is 42.4. The molecule has 3 N–H and O–H groups in total. The van der Waals surface area contributed by atoms with Gasteiger partial charge in [-0.05, 0) is 56.9 Å². The van der Waals surface area contributed by atoms with Gasteiger partial charge < -0.3 is 20.1 Å². The van der Waals surface area contributed by atoms with Crippen LogP contribution in [-0.2, 0) is 31.1 Å². The molecule has 14 heteroatoms. The van der Waals surface area contributed by atoms with Crippen molar-refractivity contribution in [1.29, 1.82) is 5.26 Å². The Hall–Kier alpha value is -3.96. The average Bonchev–Trinajstić information content (AvgIpc) is 3.31. The second kappa shape index (κ2) is 12.7. The van der Waals surface area contributed by atoms with Gasteiger partial charge in [-0.2, -0.15) is 18.4 Å². The SMILES string of the molecule is CCCn1cnc2c1c(=O)n(CCCCC(C)(O)CC(O)C(C#N)C(=O)Nc1ccc(C(F)(F)F)cc1)c(=O)n2C. The Labute approximate surface area is 233 Å². The first-order chi connectivity index (χ1) is 19.2. The van der Waals surface area contributed by atoms with Crippen LogP contribution in [0.3, 0.4) is 0 Å². The van der Waals surface area contributed by atoms with Crippen molar-refractivity contribution in [2.24, 2.45) is 13.0 Å². The van der Waals surface area contributed by atoms with Crippen LogP contribution in [0.25, 0.3) is 11.2 Å². The maximum Gasteiger partial charge on any atom is 0.416 e. The van der Waals surface area contributed by atoms with E-state index >= 15 is 0 Å². The highest BCUT2D eigenvalue weighted by atomic mass is 19.4. The molecule has 0 aliphatic rings. The first-order valence-corrected chi connectivity index (χ1v) is 13.1. The number of nitrogens with one attached hydrogen (secondary N) is 1. The summed E-state index contributed by atoms with van der Waals surface area (Å²) in [5, 5.41) is 33.1. The molecule has 1 aromatic carbocycles. The van der Waals surface area contributed by atoms with Gasteiger partial charge in [0, 0.05) is 32.2 Å². The Morgan fingerprint density at radius 2 is 1.83 bits per heavy atom. The summed E-state index contributed by atoms with van der Waals surface area (Å²) in [6, 6.07) is 5.30. The summed E-state index contributed by atoms with van der Waals surface area (Å²) in [7, 11) is 1.54. The lowest BCUT2D eigenvalue weighted by Gasteiger charge is -2.27. The van der Waals surface area contributed by atoms with E-state index in [4.69, 9.17) is 0 Å². The van der Waals surface area contributed by atoms with Crippen LogP contribution in [0.15, 0.2) is 40.2 Å². The van der Waals surface area contributed by atoms with Crippen molar-refractivity contribution < 1.29 is 28.2 Å². The van der Waals surface area contributed by atoms with Crippen LogP contribution in [0.4, 0.5) is 18.9 Å². The van der Waals surface area contributed by atoms with Gasteiger partial charge >= 0.3 is 11.9 Å². The molecule has 3 aromatic rings. The highest BCUT2D eigenvalue weighted by molar-refractivity contribution is 5.94. The van der Waals surface area contributed by atoms with Crippen LogP contribution in [0.1, 0.15) is 51.5 Å². The number of carbonyl (C=O) groups excluding carboxylic acids is 1. The predicted molar refractivity (Wildman–Crippen MR) is 144 cm³/mol. The van der Waals surface area contributed by atoms with Crippen LogP contribution in [0.2, 0.25) is 0 Å². The molecule has 2 aromatic heterocycles. The number of imidazole rings is 1. The number of nitrogens with zero attached hydrogens (tertiary/aromatic N) is 5. The van der Waals surface area contributed by atoms with Gasteiger partial charge in [-0.3, -0.25) is 18.7 Å². The Bertz CT molecular complexity index is 1530. The van der Waals surface area contributed by atoms with E-state index in [1.807, 2.05) is 6.92 Å². The largest absolute Gasteiger partial charge is 0.416 e. The lowest BCUT2D eigenvalue weighted by atomic mass is 9.87. The molecule has 3 unspecified atom stereocenters. The zero-order valence-corrected chi connectivity index (χ0v) is 23.0. The van der Waals surface area contributed by atoms with Crippen LogP contribution in [-0.4, -0.2) is 46.5 Å². The van der Waals surface area contributed by atoms with Crippen molar-refractivity contribution in [1.82, 2.24) is 18.7 Å². The molecule has 0 aliphatic heterocycles. The number of hydrogen-bond acceptors (Lipinski definition) is 7. The van der Waals surface area contributed by atoms with Gasteiger partial charge in [-0.1, -0.05) is 6.92 Å². The van der Waals surface area contributed by atoms with Crippen LogP contribution < -0.4 is 16.6 Å². The molecule has 0 aliphatic carbocycles. The molecule has 41 heavy (non-hydrogen) atoms. The van der Waals surface area contributed by atoms with Crippen molar-refractivity contribution >= 4 is 22.8 Å². The molecule has 0 saturated carbocycles. The van der Waals surface area contributed by atoms with E-state index in [9.17, 15) is 43.0 Å². The quantitative estimate of drug-likeness (QED) is 0.279. The molecule has 3 atom stereocenters. The van der Waals surface area contributed by atoms with Crippen molar-refractivity contribution in [2.45, 2.75) is 76.9 Å². The number of rotatable bonds is 12. The highest BCUT2D eigenvalue weighted by Gasteiger charge is 2.34. The molecular weight excluding hydrogens is 545 g/mol. The van der Waals surface area contributed by atoms with Gasteiger partial charge in [-0.15, -0.1) is 0 Å². The Morgan fingerprint density at radius 1 is 1.17 bits per heavy atom. The highest BCUT2D eigenvalue weighted by Crippen LogP contribution is 2.30. The fraction of sp³-hybridized carbons (Fsp3) is 0.519. The number of alkyl halides is 3. The zero-order valence-electron chi connectivity index (χ0n) is 23.0. The number of aryl methyl sites for hydroxylation is 2. The zero-order chi connectivity index (χ0) is 30.5. The van der Waals surface area contributed by atoms with Crippen molar-refractivity contribution in [3.63, 3.8) is 0 Å². The van der Waals surface area contributed by atoms with E-state index < -0.39 is 46.5 Å². The second-order valence-corrected chi connectivity index (χ2v) is 10.3. The van der Waals surface area contributed by atoms with E-state index in [0.717, 1.165) is 35.3 Å². The third-order valence-electron chi connectivity index (χ3n) is 6.85. The fourth-order valence-corrected chi connectivity index (χ4v) is 4.66. The van der Waals surface area contributed by atoms with Crippen molar-refractivity contribution in [3.05, 3.63) is 57.0 Å². The molecule has 3 rings (SSSR count). The molecule has 11 nitrogen and oxygen atoms in total. The number of unbranched alkanes of at least 4 members (excludes halogenated alkanes) is 1. The number of halogens is 3. The minimum atomic E-state index is -4.55. The maximum absolute atomic E-state index is 13.0. The van der Waals surface area contributed by atoms with E-state index in [0.29, 0.717) is 30.6 Å². The van der Waals surface area contributed by atoms with Gasteiger partial charge in [0.15, 0.2) is 17.1 Å². The van der Waals surface area contributed by atoms with Crippen molar-refractivity contribution in [3.8, 4) is 6.07 Å². The second-order valence-electron chi connectivity index (χ2n) is 10.3. The fourth-order valence-electron chi connectivity index (χ4n) is 4.66. The maximum atomic E-state index is 13.0. The Morgan fingerprint density at radius 3 is 2.41 bits per heavy atom. The summed E-state index contributed by atoms with van der Waals surface area (Å²) in [5.74, 6) is -2.52. The number of aliphatic hydroxyl groups is 2. The molecule has 0 spiro atoms. The number of carbonyl (C=O) groups is 1. The van der Waals surface area contributed by atoms with Gasteiger partial charge in [0.2, 0.25) is 5.91 Å². The smallest absolute Gasteiger partial charge is 0.391 e. The number of anilines is 1. The summed E-state index contributed by atoms with van der Waals surface area (Å²) >= 11 is 0. The summed E-state index contributed by atoms with van der Waals surface area (Å²) in [6.07, 6.45) is -3.31. The van der Waals surface area contributed by atoms with Gasteiger partial charge in [0.25, 0.3) is 5.56 Å². The first-order valence-electron chi connectivity index (χ1n) is 13.1. The third-order valence-corrected chi connectivity index (χ3v) is 6.85. The summed E-state index contributed by atoms with van der Waals surface area (Å²) in [6.45, 7) is 4.05. The topological polar surface area (TPSA) is 155 Å². The molecule has 2 heterocycles. The minimum Gasteiger partial charge on any atom is -0.391 e. The number of aliphatic hydroxyl groups excluding tert-OH is 1. The van der Waals surface area contributed by atoms with E-state index in [1.165, 1.54) is 24.9 Å². The molecule has 0 fully saturated rings. The Balaban J connectivity index is 1.59. The van der Waals surface area contributed by atoms with E-state index in [1.54, 1.807) is 10.6 Å². The van der Waals surface area contributed by atoms with Crippen LogP contribution in [0.5, 0.6) is 0 Å². The normalized spacial score (nSPS) is 14.8. The van der Waals surface area contributed by atoms with E-state index in [2.05, 4.69) is 10.3 Å². The van der Waals surface area contributed by atoms with Gasteiger partial charge in [0.05, 0.1) is 29.7 Å². The standard InChI is InChI=1S/C27H33F3N6O5/c1-4-12-35-16-32-22-21(35)24(39)36(25(40)34(22)3)13-6-5-11-26(2,41)14-20(37)19(15-31)23(38)33-18-9-7-17(8-10-18)27(28,29)30/h7-10,16,19-20,37,41H,4-6,11-14H2,1-3H3,(H,33,38). The van der Waals surface area contributed by atoms with E-state index in [-0.39, 0.29) is 25.1 Å². The first kappa shape index (κ1) is 31.6. The van der Waals surface area contributed by atoms with Crippen LogP contribution >= 0.6 is 0 Å². The number of nitriles is 1. The minimum absolute atomic E-state index is 0.0135. The number of amides is 1. The molecule has 0 radical (unpaired) electrons. The average molecular weight is 579 g/mol. The molecule has 1 amide bonds. The number of benzene rings is 1. The predicted octanol–water partition coefficient (Wildman–Crippen LogP) is 2.78. The Kier molecular flexibility index (Phi) is 9.77. The third kappa shape index (κ3) is 7.42. The number of aromatic nitrogens is 4. The lowest BCUT2D eigenvalue weighted by Crippen LogP contribution is -2.40. The van der Waals surface area contributed by atoms with Gasteiger partial charge in [0.1, 0.15) is 0 Å². The lowest BCUT2D eigenvalue weighted by molar-refractivity contribution is -0.137. The number of hydrogen-bond donors (Lipinski definition) is 3. The summed E-state index contributed by atoms with van der Waals surface area (Å²) in [5.41, 5.74) is -2.72. The molecular formula is C27H33F3N6O5. The number of fused-ring (bicyclic) bond motifs is 1. The van der Waals surface area contributed by atoms with Gasteiger partial charge in [-0.25, -0.2) is 9.78 Å². The monoisotopic (exact) mass is 578 g/mol. The van der Waals surface area contributed by atoms with Crippen molar-refractivity contribution in [2.75, 3.05) is 5.32 Å².